The first-order chi connectivity index (χ1) is 7.67. The van der Waals surface area contributed by atoms with Gasteiger partial charge in [-0.05, 0) is 31.4 Å². The molecule has 0 fully saturated rings. The highest BCUT2D eigenvalue weighted by molar-refractivity contribution is 5.23. The van der Waals surface area contributed by atoms with Crippen molar-refractivity contribution in [1.29, 1.82) is 0 Å². The molecule has 1 unspecified atom stereocenters. The third kappa shape index (κ3) is 3.91. The maximum atomic E-state index is 5.07. The molecule has 1 N–H and O–H groups in total. The fourth-order valence-corrected chi connectivity index (χ4v) is 1.73. The predicted octanol–water partition coefficient (Wildman–Crippen LogP) is 2.08. The number of aromatic nitrogens is 1. The first-order valence-corrected chi connectivity index (χ1v) is 5.84. The summed E-state index contributed by atoms with van der Waals surface area (Å²) < 4.78 is 5.07. The van der Waals surface area contributed by atoms with Gasteiger partial charge in [0, 0.05) is 31.6 Å². The molecule has 0 aliphatic rings. The first-order valence-electron chi connectivity index (χ1n) is 5.84. The van der Waals surface area contributed by atoms with E-state index in [1.54, 1.807) is 7.11 Å². The van der Waals surface area contributed by atoms with Crippen molar-refractivity contribution in [3.8, 4) is 0 Å². The summed E-state index contributed by atoms with van der Waals surface area (Å²) in [6.07, 6.45) is 2.96. The maximum Gasteiger partial charge on any atom is 0.0613 e. The van der Waals surface area contributed by atoms with Crippen LogP contribution >= 0.6 is 0 Å². The van der Waals surface area contributed by atoms with Gasteiger partial charge < -0.3 is 10.1 Å². The Hall–Kier alpha value is -0.930. The van der Waals surface area contributed by atoms with E-state index in [9.17, 15) is 0 Å². The minimum absolute atomic E-state index is 0.371. The molecule has 3 heteroatoms. The fraction of sp³-hybridized carbons (Fsp3) is 0.615. The van der Waals surface area contributed by atoms with E-state index in [-0.39, 0.29) is 0 Å². The summed E-state index contributed by atoms with van der Waals surface area (Å²) in [6.45, 7) is 7.95. The zero-order valence-corrected chi connectivity index (χ0v) is 10.7. The molecule has 1 heterocycles. The highest BCUT2D eigenvalue weighted by Gasteiger charge is 2.03. The smallest absolute Gasteiger partial charge is 0.0613 e. The number of aryl methyl sites for hydroxylation is 2. The Morgan fingerprint density at radius 2 is 2.25 bits per heavy atom. The van der Waals surface area contributed by atoms with Gasteiger partial charge in [0.1, 0.15) is 0 Å². The van der Waals surface area contributed by atoms with Crippen LogP contribution in [0.4, 0.5) is 0 Å². The van der Waals surface area contributed by atoms with Gasteiger partial charge in [-0.15, -0.1) is 0 Å². The van der Waals surface area contributed by atoms with Gasteiger partial charge in [-0.2, -0.15) is 0 Å². The molecular formula is C13H22N2O. The number of rotatable bonds is 6. The summed E-state index contributed by atoms with van der Waals surface area (Å²) in [6, 6.07) is 2.58. The van der Waals surface area contributed by atoms with Gasteiger partial charge in [0.25, 0.3) is 0 Å². The molecule has 0 aliphatic heterocycles. The van der Waals surface area contributed by atoms with Crippen LogP contribution in [0.1, 0.15) is 30.7 Å². The van der Waals surface area contributed by atoms with Crippen molar-refractivity contribution >= 4 is 0 Å². The van der Waals surface area contributed by atoms with E-state index in [1.807, 2.05) is 6.20 Å². The lowest BCUT2D eigenvalue weighted by atomic mass is 10.1. The SMILES string of the molecule is CCc1ncc(CNC(C)COC)cc1C. The van der Waals surface area contributed by atoms with Gasteiger partial charge in [0.2, 0.25) is 0 Å². The molecule has 1 rings (SSSR count). The van der Waals surface area contributed by atoms with E-state index in [0.29, 0.717) is 6.04 Å². The van der Waals surface area contributed by atoms with Crippen LogP contribution in [0, 0.1) is 6.92 Å². The molecule has 0 radical (unpaired) electrons. The van der Waals surface area contributed by atoms with Crippen molar-refractivity contribution in [1.82, 2.24) is 10.3 Å². The summed E-state index contributed by atoms with van der Waals surface area (Å²) in [7, 11) is 1.72. The number of nitrogens with one attached hydrogen (secondary N) is 1. The summed E-state index contributed by atoms with van der Waals surface area (Å²) >= 11 is 0. The van der Waals surface area contributed by atoms with Gasteiger partial charge >= 0.3 is 0 Å². The Morgan fingerprint density at radius 3 is 2.81 bits per heavy atom. The standard InChI is InChI=1S/C13H22N2O/c1-5-13-10(2)6-12(8-15-13)7-14-11(3)9-16-4/h6,8,11,14H,5,7,9H2,1-4H3. The average molecular weight is 222 g/mol. The molecule has 16 heavy (non-hydrogen) atoms. The van der Waals surface area contributed by atoms with Crippen LogP contribution in [0.25, 0.3) is 0 Å². The van der Waals surface area contributed by atoms with Crippen molar-refractivity contribution in [2.75, 3.05) is 13.7 Å². The van der Waals surface area contributed by atoms with Crippen molar-refractivity contribution in [3.63, 3.8) is 0 Å². The fourth-order valence-electron chi connectivity index (χ4n) is 1.73. The maximum absolute atomic E-state index is 5.07. The minimum Gasteiger partial charge on any atom is -0.383 e. The first kappa shape index (κ1) is 13.1. The second kappa shape index (κ2) is 6.61. The monoisotopic (exact) mass is 222 g/mol. The van der Waals surface area contributed by atoms with Crippen molar-refractivity contribution in [2.45, 2.75) is 39.8 Å². The lowest BCUT2D eigenvalue weighted by Crippen LogP contribution is -2.29. The number of hydrogen-bond acceptors (Lipinski definition) is 3. The van der Waals surface area contributed by atoms with Crippen LogP contribution in [0.5, 0.6) is 0 Å². The molecule has 3 nitrogen and oxygen atoms in total. The minimum atomic E-state index is 0.371. The van der Waals surface area contributed by atoms with Crippen LogP contribution in [0.15, 0.2) is 12.3 Å². The van der Waals surface area contributed by atoms with E-state index < -0.39 is 0 Å². The normalized spacial score (nSPS) is 12.8. The van der Waals surface area contributed by atoms with Crippen molar-refractivity contribution in [2.24, 2.45) is 0 Å². The third-order valence-corrected chi connectivity index (χ3v) is 2.65. The number of nitrogens with zero attached hydrogens (tertiary/aromatic N) is 1. The molecule has 0 aliphatic carbocycles. The zero-order chi connectivity index (χ0) is 12.0. The molecule has 0 saturated carbocycles. The van der Waals surface area contributed by atoms with E-state index in [4.69, 9.17) is 4.74 Å². The van der Waals surface area contributed by atoms with Gasteiger partial charge in [0.05, 0.1) is 6.61 Å². The molecule has 0 amide bonds. The highest BCUT2D eigenvalue weighted by Crippen LogP contribution is 2.08. The highest BCUT2D eigenvalue weighted by atomic mass is 16.5. The number of ether oxygens (including phenoxy) is 1. The molecule has 1 aromatic heterocycles. The summed E-state index contributed by atoms with van der Waals surface area (Å²) in [5, 5.41) is 3.40. The van der Waals surface area contributed by atoms with Gasteiger partial charge in [-0.1, -0.05) is 13.0 Å². The molecule has 90 valence electrons. The van der Waals surface area contributed by atoms with Crippen molar-refractivity contribution in [3.05, 3.63) is 29.1 Å². The Balaban J connectivity index is 2.51. The van der Waals surface area contributed by atoms with E-state index in [1.165, 1.54) is 16.8 Å². The van der Waals surface area contributed by atoms with Crippen LogP contribution in [0.3, 0.4) is 0 Å². The van der Waals surface area contributed by atoms with Gasteiger partial charge in [-0.3, -0.25) is 4.98 Å². The molecule has 1 atom stereocenters. The summed E-state index contributed by atoms with van der Waals surface area (Å²) in [5.41, 5.74) is 3.70. The lowest BCUT2D eigenvalue weighted by molar-refractivity contribution is 0.171. The largest absolute Gasteiger partial charge is 0.383 e. The predicted molar refractivity (Wildman–Crippen MR) is 66.5 cm³/mol. The van der Waals surface area contributed by atoms with Crippen LogP contribution in [-0.2, 0) is 17.7 Å². The van der Waals surface area contributed by atoms with Crippen molar-refractivity contribution < 1.29 is 4.74 Å². The number of methoxy groups -OCH3 is 1. The van der Waals surface area contributed by atoms with E-state index in [0.717, 1.165) is 19.6 Å². The number of hydrogen-bond donors (Lipinski definition) is 1. The number of pyridine rings is 1. The Bertz CT molecular complexity index is 326. The van der Waals surface area contributed by atoms with E-state index >= 15 is 0 Å². The lowest BCUT2D eigenvalue weighted by Gasteiger charge is -2.13. The quantitative estimate of drug-likeness (QED) is 0.800. The Kier molecular flexibility index (Phi) is 5.43. The molecule has 0 saturated heterocycles. The van der Waals surface area contributed by atoms with Crippen LogP contribution in [-0.4, -0.2) is 24.7 Å². The average Bonchev–Trinajstić information content (AvgIpc) is 2.27. The van der Waals surface area contributed by atoms with E-state index in [2.05, 4.69) is 37.1 Å². The second-order valence-corrected chi connectivity index (χ2v) is 4.20. The summed E-state index contributed by atoms with van der Waals surface area (Å²) in [4.78, 5) is 4.45. The molecule has 0 bridgehead atoms. The molecule has 1 aromatic rings. The Labute approximate surface area is 98.2 Å². The summed E-state index contributed by atoms with van der Waals surface area (Å²) in [5.74, 6) is 0. The van der Waals surface area contributed by atoms with Gasteiger partial charge in [-0.25, -0.2) is 0 Å². The van der Waals surface area contributed by atoms with Crippen LogP contribution < -0.4 is 5.32 Å². The third-order valence-electron chi connectivity index (χ3n) is 2.65. The topological polar surface area (TPSA) is 34.2 Å². The van der Waals surface area contributed by atoms with Crippen LogP contribution in [0.2, 0.25) is 0 Å². The zero-order valence-electron chi connectivity index (χ0n) is 10.7. The second-order valence-electron chi connectivity index (χ2n) is 4.20. The molecule has 0 aromatic carbocycles. The molecule has 0 spiro atoms. The van der Waals surface area contributed by atoms with Gasteiger partial charge in [0.15, 0.2) is 0 Å². The Morgan fingerprint density at radius 1 is 1.50 bits per heavy atom. The molecular weight excluding hydrogens is 200 g/mol.